The van der Waals surface area contributed by atoms with Crippen molar-refractivity contribution in [2.45, 2.75) is 13.5 Å². The Bertz CT molecular complexity index is 1100. The Balaban J connectivity index is 1.63. The number of pyridine rings is 2. The van der Waals surface area contributed by atoms with E-state index in [0.29, 0.717) is 54.8 Å². The Morgan fingerprint density at radius 2 is 1.82 bits per heavy atom. The van der Waals surface area contributed by atoms with Crippen LogP contribution in [0.25, 0.3) is 11.3 Å². The summed E-state index contributed by atoms with van der Waals surface area (Å²) in [6.07, 6.45) is 1.62. The highest BCUT2D eigenvalue weighted by atomic mass is 16.5. The van der Waals surface area contributed by atoms with Gasteiger partial charge in [0.15, 0.2) is 0 Å². The van der Waals surface area contributed by atoms with Crippen LogP contribution < -0.4 is 27.0 Å². The van der Waals surface area contributed by atoms with Crippen molar-refractivity contribution >= 4 is 29.3 Å². The molecule has 0 bridgehead atoms. The second kappa shape index (κ2) is 12.2. The van der Waals surface area contributed by atoms with Gasteiger partial charge in [-0.25, -0.2) is 14.8 Å². The van der Waals surface area contributed by atoms with Crippen molar-refractivity contribution in [2.75, 3.05) is 43.2 Å². The van der Waals surface area contributed by atoms with Gasteiger partial charge in [-0.3, -0.25) is 4.79 Å². The van der Waals surface area contributed by atoms with Crippen LogP contribution in [-0.4, -0.2) is 48.7 Å². The molecule has 34 heavy (non-hydrogen) atoms. The Morgan fingerprint density at radius 1 is 1.03 bits per heavy atom. The lowest BCUT2D eigenvalue weighted by Crippen LogP contribution is -2.28. The van der Waals surface area contributed by atoms with E-state index in [-0.39, 0.29) is 11.9 Å². The quantitative estimate of drug-likeness (QED) is 0.291. The monoisotopic (exact) mass is 463 g/mol. The first-order valence-electron chi connectivity index (χ1n) is 10.9. The molecular weight excluding hydrogens is 434 g/mol. The number of carbonyl (C=O) groups excluding carboxylic acids is 2. The lowest BCUT2D eigenvalue weighted by atomic mass is 10.1. The molecule has 0 fully saturated rings. The predicted molar refractivity (Wildman–Crippen MR) is 133 cm³/mol. The molecule has 0 radical (unpaired) electrons. The molecule has 2 heterocycles. The number of benzene rings is 1. The molecule has 3 aromatic rings. The third kappa shape index (κ3) is 6.91. The van der Waals surface area contributed by atoms with Crippen LogP contribution in [0.4, 0.5) is 22.1 Å². The number of methoxy groups -OCH3 is 1. The summed E-state index contributed by atoms with van der Waals surface area (Å²) < 4.78 is 4.97. The summed E-state index contributed by atoms with van der Waals surface area (Å²) in [4.78, 5) is 33.3. The molecular formula is C24H29N7O3. The average Bonchev–Trinajstić information content (AvgIpc) is 2.84. The van der Waals surface area contributed by atoms with Gasteiger partial charge < -0.3 is 31.7 Å². The average molecular weight is 464 g/mol. The van der Waals surface area contributed by atoms with Crippen LogP contribution in [0.3, 0.4) is 0 Å². The summed E-state index contributed by atoms with van der Waals surface area (Å²) in [5, 5.41) is 11.5. The van der Waals surface area contributed by atoms with E-state index in [4.69, 9.17) is 10.5 Å². The maximum absolute atomic E-state index is 12.5. The first-order chi connectivity index (χ1) is 16.5. The number of hydrogen-bond acceptors (Lipinski definition) is 7. The molecule has 0 unspecified atom stereocenters. The predicted octanol–water partition coefficient (Wildman–Crippen LogP) is 2.86. The minimum atomic E-state index is -0.332. The number of urea groups is 1. The lowest BCUT2D eigenvalue weighted by Gasteiger charge is -2.13. The number of nitrogen functional groups attached to an aromatic ring is 1. The fraction of sp³-hybridized carbons (Fsp3) is 0.250. The molecule has 178 valence electrons. The van der Waals surface area contributed by atoms with Gasteiger partial charge in [0.25, 0.3) is 5.91 Å². The van der Waals surface area contributed by atoms with E-state index in [1.807, 2.05) is 19.1 Å². The van der Waals surface area contributed by atoms with Crippen molar-refractivity contribution in [1.29, 1.82) is 0 Å². The number of aromatic nitrogens is 2. The summed E-state index contributed by atoms with van der Waals surface area (Å²) in [5.74, 6) is 0.723. The van der Waals surface area contributed by atoms with E-state index >= 15 is 0 Å². The number of anilines is 3. The van der Waals surface area contributed by atoms with Crippen LogP contribution in [0.1, 0.15) is 22.8 Å². The third-order valence-corrected chi connectivity index (χ3v) is 4.82. The molecule has 2 aromatic heterocycles. The van der Waals surface area contributed by atoms with Crippen molar-refractivity contribution in [2.24, 2.45) is 0 Å². The Labute approximate surface area is 198 Å². The van der Waals surface area contributed by atoms with Gasteiger partial charge >= 0.3 is 6.03 Å². The first kappa shape index (κ1) is 24.5. The number of amides is 3. The molecule has 3 rings (SSSR count). The Hall–Kier alpha value is -4.18. The summed E-state index contributed by atoms with van der Waals surface area (Å²) in [6.45, 7) is 3.75. The zero-order valence-electron chi connectivity index (χ0n) is 19.2. The lowest BCUT2D eigenvalue weighted by molar-refractivity contribution is 0.0937. The van der Waals surface area contributed by atoms with E-state index < -0.39 is 0 Å². The van der Waals surface area contributed by atoms with Gasteiger partial charge in [-0.15, -0.1) is 0 Å². The molecule has 1 aromatic carbocycles. The molecule has 10 heteroatoms. The number of carbonyl (C=O) groups is 2. The van der Waals surface area contributed by atoms with Crippen molar-refractivity contribution < 1.29 is 14.3 Å². The number of hydrogen-bond donors (Lipinski definition) is 5. The molecule has 3 amide bonds. The Morgan fingerprint density at radius 3 is 2.50 bits per heavy atom. The minimum Gasteiger partial charge on any atom is -0.384 e. The maximum atomic E-state index is 12.5. The van der Waals surface area contributed by atoms with Crippen LogP contribution in [-0.2, 0) is 11.3 Å². The summed E-state index contributed by atoms with van der Waals surface area (Å²) >= 11 is 0. The van der Waals surface area contributed by atoms with Crippen molar-refractivity contribution in [3.63, 3.8) is 0 Å². The molecule has 0 saturated heterocycles. The third-order valence-electron chi connectivity index (χ3n) is 4.82. The van der Waals surface area contributed by atoms with Gasteiger partial charge in [0.1, 0.15) is 11.6 Å². The van der Waals surface area contributed by atoms with Crippen LogP contribution in [0.5, 0.6) is 0 Å². The number of nitrogens with two attached hydrogens (primary N) is 1. The van der Waals surface area contributed by atoms with Gasteiger partial charge in [0, 0.05) is 44.2 Å². The molecule has 0 saturated carbocycles. The SMILES string of the molecule is CCNc1nc(-c2ccc(NC(=O)NCc3ccc(N)nc3)cc2)ccc1C(=O)NCCOC. The van der Waals surface area contributed by atoms with E-state index in [2.05, 4.69) is 31.2 Å². The summed E-state index contributed by atoms with van der Waals surface area (Å²) in [6, 6.07) is 14.0. The van der Waals surface area contributed by atoms with Gasteiger partial charge in [-0.05, 0) is 42.8 Å². The number of nitrogens with zero attached hydrogens (tertiary/aromatic N) is 2. The smallest absolute Gasteiger partial charge is 0.319 e. The van der Waals surface area contributed by atoms with E-state index in [0.717, 1.165) is 11.1 Å². The van der Waals surface area contributed by atoms with Gasteiger partial charge in [-0.1, -0.05) is 18.2 Å². The van der Waals surface area contributed by atoms with Crippen molar-refractivity contribution in [3.8, 4) is 11.3 Å². The maximum Gasteiger partial charge on any atom is 0.319 e. The van der Waals surface area contributed by atoms with E-state index in [1.165, 1.54) is 0 Å². The zero-order valence-corrected chi connectivity index (χ0v) is 19.2. The topological polar surface area (TPSA) is 143 Å². The number of ether oxygens (including phenoxy) is 1. The minimum absolute atomic E-state index is 0.215. The molecule has 6 N–H and O–H groups in total. The highest BCUT2D eigenvalue weighted by Crippen LogP contribution is 2.23. The molecule has 0 atom stereocenters. The zero-order chi connectivity index (χ0) is 24.3. The largest absolute Gasteiger partial charge is 0.384 e. The van der Waals surface area contributed by atoms with Crippen LogP contribution in [0.15, 0.2) is 54.7 Å². The molecule has 0 aliphatic heterocycles. The van der Waals surface area contributed by atoms with Gasteiger partial charge in [0.05, 0.1) is 17.9 Å². The summed E-state index contributed by atoms with van der Waals surface area (Å²) in [7, 11) is 1.58. The van der Waals surface area contributed by atoms with Crippen LogP contribution >= 0.6 is 0 Å². The fourth-order valence-corrected chi connectivity index (χ4v) is 3.09. The second-order valence-corrected chi connectivity index (χ2v) is 7.35. The van der Waals surface area contributed by atoms with E-state index in [1.54, 1.807) is 49.7 Å². The van der Waals surface area contributed by atoms with Crippen LogP contribution in [0.2, 0.25) is 0 Å². The van der Waals surface area contributed by atoms with Gasteiger partial charge in [-0.2, -0.15) is 0 Å². The van der Waals surface area contributed by atoms with Crippen molar-refractivity contribution in [3.05, 3.63) is 65.9 Å². The molecule has 0 aliphatic carbocycles. The fourth-order valence-electron chi connectivity index (χ4n) is 3.09. The van der Waals surface area contributed by atoms with Gasteiger partial charge in [0.2, 0.25) is 0 Å². The highest BCUT2D eigenvalue weighted by Gasteiger charge is 2.14. The highest BCUT2D eigenvalue weighted by molar-refractivity contribution is 5.99. The van der Waals surface area contributed by atoms with E-state index in [9.17, 15) is 9.59 Å². The van der Waals surface area contributed by atoms with Crippen molar-refractivity contribution in [1.82, 2.24) is 20.6 Å². The Kier molecular flexibility index (Phi) is 8.75. The normalized spacial score (nSPS) is 10.4. The molecule has 0 aliphatic rings. The standard InChI is InChI=1S/C24H29N7O3/c1-3-26-22-19(23(32)27-12-13-34-2)9-10-20(31-22)17-5-7-18(8-6-17)30-24(33)29-15-16-4-11-21(25)28-14-16/h4-11,14H,3,12-13,15H2,1-2H3,(H2,25,28)(H,26,31)(H,27,32)(H2,29,30,33). The molecule has 10 nitrogen and oxygen atoms in total. The second-order valence-electron chi connectivity index (χ2n) is 7.35. The van der Waals surface area contributed by atoms with Crippen LogP contribution in [0, 0.1) is 0 Å². The summed E-state index contributed by atoms with van der Waals surface area (Å²) in [5.41, 5.74) is 9.07. The molecule has 0 spiro atoms. The number of nitrogens with one attached hydrogen (secondary N) is 4. The number of rotatable bonds is 10. The first-order valence-corrected chi connectivity index (χ1v) is 10.9.